The SMILES string of the molecule is O=C(Oc1c(F)c(F)c(F)c(F)c1F)c1ccc(C(=O)Oc2c(F)c(F)c(F)c(F)c2F)cc1. The van der Waals surface area contributed by atoms with Gasteiger partial charge < -0.3 is 9.47 Å². The van der Waals surface area contributed by atoms with Gasteiger partial charge >= 0.3 is 11.9 Å². The van der Waals surface area contributed by atoms with Gasteiger partial charge in [-0.05, 0) is 24.3 Å². The fourth-order valence-corrected chi connectivity index (χ4v) is 2.39. The second-order valence-electron chi connectivity index (χ2n) is 6.15. The molecule has 0 bridgehead atoms. The van der Waals surface area contributed by atoms with E-state index in [1.54, 1.807) is 0 Å². The fraction of sp³-hybridized carbons (Fsp3) is 0. The third kappa shape index (κ3) is 4.13. The molecule has 0 amide bonds. The predicted octanol–water partition coefficient (Wildman–Crippen LogP) is 5.52. The standard InChI is InChI=1S/C20H4F10O4/c21-7-9(23)13(27)17(14(28)10(7)24)33-19(31)5-1-2-6(4-3-5)20(32)34-18-15(29)11(25)8(22)12(26)16(18)30/h1-4H. The van der Waals surface area contributed by atoms with E-state index in [-0.39, 0.29) is 0 Å². The molecule has 0 saturated carbocycles. The summed E-state index contributed by atoms with van der Waals surface area (Å²) in [5, 5.41) is 0. The van der Waals surface area contributed by atoms with Crippen molar-refractivity contribution in [2.45, 2.75) is 0 Å². The zero-order valence-electron chi connectivity index (χ0n) is 15.7. The highest BCUT2D eigenvalue weighted by molar-refractivity contribution is 5.95. The van der Waals surface area contributed by atoms with Gasteiger partial charge in [0.1, 0.15) is 0 Å². The molecule has 0 unspecified atom stereocenters. The number of hydrogen-bond donors (Lipinski definition) is 0. The third-order valence-corrected chi connectivity index (χ3v) is 4.08. The molecule has 0 radical (unpaired) electrons. The number of carbonyl (C=O) groups excluding carboxylic acids is 2. The summed E-state index contributed by atoms with van der Waals surface area (Å²) in [6.07, 6.45) is 0. The lowest BCUT2D eigenvalue weighted by Gasteiger charge is -2.10. The largest absolute Gasteiger partial charge is 0.416 e. The average Bonchev–Trinajstić information content (AvgIpc) is 2.84. The van der Waals surface area contributed by atoms with E-state index in [0.717, 1.165) is 0 Å². The molecule has 3 rings (SSSR count). The van der Waals surface area contributed by atoms with Gasteiger partial charge in [0, 0.05) is 0 Å². The summed E-state index contributed by atoms with van der Waals surface area (Å²) >= 11 is 0. The first-order valence-electron chi connectivity index (χ1n) is 8.44. The summed E-state index contributed by atoms with van der Waals surface area (Å²) in [7, 11) is 0. The highest BCUT2D eigenvalue weighted by atomic mass is 19.2. The first-order chi connectivity index (χ1) is 15.9. The number of halogens is 10. The zero-order valence-corrected chi connectivity index (χ0v) is 15.7. The van der Waals surface area contributed by atoms with Crippen LogP contribution in [0.1, 0.15) is 20.7 Å². The van der Waals surface area contributed by atoms with Crippen LogP contribution in [0.5, 0.6) is 11.5 Å². The van der Waals surface area contributed by atoms with E-state index in [1.807, 2.05) is 0 Å². The molecular weight excluding hydrogens is 494 g/mol. The molecule has 0 aliphatic rings. The average molecular weight is 498 g/mol. The van der Waals surface area contributed by atoms with Crippen molar-refractivity contribution in [1.29, 1.82) is 0 Å². The Balaban J connectivity index is 1.83. The van der Waals surface area contributed by atoms with Crippen LogP contribution in [-0.2, 0) is 0 Å². The summed E-state index contributed by atoms with van der Waals surface area (Å²) in [6.45, 7) is 0. The molecule has 0 atom stereocenters. The fourth-order valence-electron chi connectivity index (χ4n) is 2.39. The second-order valence-corrected chi connectivity index (χ2v) is 6.15. The summed E-state index contributed by atoms with van der Waals surface area (Å²) in [5.41, 5.74) is -1.23. The lowest BCUT2D eigenvalue weighted by Crippen LogP contribution is -2.15. The molecule has 34 heavy (non-hydrogen) atoms. The Hall–Kier alpha value is -4.10. The van der Waals surface area contributed by atoms with Crippen molar-refractivity contribution in [3.63, 3.8) is 0 Å². The van der Waals surface area contributed by atoms with Crippen LogP contribution in [0, 0.1) is 58.2 Å². The van der Waals surface area contributed by atoms with Crippen LogP contribution in [0.15, 0.2) is 24.3 Å². The van der Waals surface area contributed by atoms with E-state index >= 15 is 0 Å². The molecule has 0 fully saturated rings. The van der Waals surface area contributed by atoms with Crippen LogP contribution < -0.4 is 9.47 Å². The van der Waals surface area contributed by atoms with Gasteiger partial charge in [-0.1, -0.05) is 0 Å². The molecule has 4 nitrogen and oxygen atoms in total. The van der Waals surface area contributed by atoms with Crippen LogP contribution in [-0.4, -0.2) is 11.9 Å². The molecule has 178 valence electrons. The molecule has 0 spiro atoms. The van der Waals surface area contributed by atoms with Crippen molar-refractivity contribution in [2.24, 2.45) is 0 Å². The van der Waals surface area contributed by atoms with Crippen molar-refractivity contribution >= 4 is 11.9 Å². The van der Waals surface area contributed by atoms with Crippen LogP contribution in [0.25, 0.3) is 0 Å². The highest BCUT2D eigenvalue weighted by Crippen LogP contribution is 2.31. The molecule has 0 N–H and O–H groups in total. The monoisotopic (exact) mass is 498 g/mol. The van der Waals surface area contributed by atoms with Gasteiger partial charge in [0.25, 0.3) is 0 Å². The van der Waals surface area contributed by atoms with Gasteiger partial charge in [-0.15, -0.1) is 0 Å². The zero-order chi connectivity index (χ0) is 25.5. The van der Waals surface area contributed by atoms with Crippen LogP contribution in [0.3, 0.4) is 0 Å². The third-order valence-electron chi connectivity index (χ3n) is 4.08. The lowest BCUT2D eigenvalue weighted by atomic mass is 10.1. The van der Waals surface area contributed by atoms with E-state index in [9.17, 15) is 53.5 Å². The molecule has 14 heteroatoms. The van der Waals surface area contributed by atoms with E-state index in [4.69, 9.17) is 0 Å². The van der Waals surface area contributed by atoms with Gasteiger partial charge in [-0.25, -0.2) is 35.9 Å². The minimum Gasteiger partial charge on any atom is -0.416 e. The molecule has 0 heterocycles. The molecule has 0 aliphatic heterocycles. The first kappa shape index (κ1) is 24.5. The molecule has 0 aliphatic carbocycles. The van der Waals surface area contributed by atoms with Crippen LogP contribution in [0.4, 0.5) is 43.9 Å². The van der Waals surface area contributed by atoms with Crippen molar-refractivity contribution < 1.29 is 63.0 Å². The van der Waals surface area contributed by atoms with Crippen molar-refractivity contribution in [1.82, 2.24) is 0 Å². The Morgan fingerprint density at radius 1 is 0.412 bits per heavy atom. The number of rotatable bonds is 4. The summed E-state index contributed by atoms with van der Waals surface area (Å²) in [6, 6.07) is 2.79. The van der Waals surface area contributed by atoms with Crippen LogP contribution in [0.2, 0.25) is 0 Å². The predicted molar refractivity (Wildman–Crippen MR) is 88.8 cm³/mol. The van der Waals surface area contributed by atoms with Gasteiger partial charge in [0.2, 0.25) is 69.7 Å². The quantitative estimate of drug-likeness (QED) is 0.157. The van der Waals surface area contributed by atoms with E-state index in [1.165, 1.54) is 0 Å². The number of hydrogen-bond acceptors (Lipinski definition) is 4. The maximum Gasteiger partial charge on any atom is 0.343 e. The van der Waals surface area contributed by atoms with Crippen molar-refractivity contribution in [3.05, 3.63) is 93.6 Å². The maximum absolute atomic E-state index is 13.6. The topological polar surface area (TPSA) is 52.6 Å². The molecule has 0 aromatic heterocycles. The maximum atomic E-state index is 13.6. The molecular formula is C20H4F10O4. The minimum atomic E-state index is -2.49. The Bertz CT molecular complexity index is 1180. The van der Waals surface area contributed by atoms with Gasteiger partial charge in [0.15, 0.2) is 0 Å². The minimum absolute atomic E-state index is 0.614. The Morgan fingerprint density at radius 2 is 0.618 bits per heavy atom. The Morgan fingerprint density at radius 3 is 0.853 bits per heavy atom. The second kappa shape index (κ2) is 9.03. The smallest absolute Gasteiger partial charge is 0.343 e. The normalized spacial score (nSPS) is 10.9. The molecule has 3 aromatic rings. The number of esters is 2. The molecule has 3 aromatic carbocycles. The van der Waals surface area contributed by atoms with Gasteiger partial charge in [-0.2, -0.15) is 17.6 Å². The number of benzene rings is 3. The van der Waals surface area contributed by atoms with Gasteiger partial charge in [-0.3, -0.25) is 0 Å². The molecule has 0 saturated heterocycles. The lowest BCUT2D eigenvalue weighted by molar-refractivity contribution is 0.0702. The highest BCUT2D eigenvalue weighted by Gasteiger charge is 2.30. The van der Waals surface area contributed by atoms with Crippen LogP contribution >= 0.6 is 0 Å². The number of carbonyl (C=O) groups is 2. The van der Waals surface area contributed by atoms with E-state index in [0.29, 0.717) is 24.3 Å². The first-order valence-corrected chi connectivity index (χ1v) is 8.44. The Labute approximate surface area is 180 Å². The van der Waals surface area contributed by atoms with Crippen molar-refractivity contribution in [2.75, 3.05) is 0 Å². The summed E-state index contributed by atoms with van der Waals surface area (Å²) < 4.78 is 142. The summed E-state index contributed by atoms with van der Waals surface area (Å²) in [5.74, 6) is -31.4. The van der Waals surface area contributed by atoms with Gasteiger partial charge in [0.05, 0.1) is 11.1 Å². The summed E-state index contributed by atoms with van der Waals surface area (Å²) in [4.78, 5) is 23.9. The number of ether oxygens (including phenoxy) is 2. The Kier molecular flexibility index (Phi) is 6.52. The van der Waals surface area contributed by atoms with E-state index < -0.39 is 92.7 Å². The van der Waals surface area contributed by atoms with E-state index in [2.05, 4.69) is 9.47 Å². The van der Waals surface area contributed by atoms with Crippen molar-refractivity contribution in [3.8, 4) is 11.5 Å².